The van der Waals surface area contributed by atoms with Gasteiger partial charge in [0.25, 0.3) is 0 Å². The molecular weight excluding hydrogens is 494 g/mol. The highest BCUT2D eigenvalue weighted by atomic mass is 16.5. The summed E-state index contributed by atoms with van der Waals surface area (Å²) in [6.07, 6.45) is 7.49. The number of amides is 3. The summed E-state index contributed by atoms with van der Waals surface area (Å²) in [6, 6.07) is 17.4. The predicted octanol–water partition coefficient (Wildman–Crippen LogP) is 2.54. The molecule has 8 nitrogen and oxygen atoms in total. The number of hydrogen-bond donors (Lipinski definition) is 1. The van der Waals surface area contributed by atoms with Crippen molar-refractivity contribution in [2.24, 2.45) is 11.8 Å². The summed E-state index contributed by atoms with van der Waals surface area (Å²) in [5, 5.41) is 10.1. The topological polar surface area (TPSA) is 90.4 Å². The van der Waals surface area contributed by atoms with E-state index in [0.29, 0.717) is 19.6 Å². The van der Waals surface area contributed by atoms with E-state index in [1.54, 1.807) is 16.7 Å². The highest BCUT2D eigenvalue weighted by molar-refractivity contribution is 6.04. The number of anilines is 1. The zero-order chi connectivity index (χ0) is 27.4. The number of carbonyl (C=O) groups is 3. The van der Waals surface area contributed by atoms with Crippen LogP contribution in [0.2, 0.25) is 0 Å². The predicted molar refractivity (Wildman–Crippen MR) is 145 cm³/mol. The number of para-hydroxylation sites is 1. The van der Waals surface area contributed by atoms with Crippen molar-refractivity contribution in [2.75, 3.05) is 24.6 Å². The fourth-order valence-corrected chi connectivity index (χ4v) is 6.86. The minimum atomic E-state index is -1.35. The van der Waals surface area contributed by atoms with Gasteiger partial charge < -0.3 is 24.5 Å². The fraction of sp³-hybridized carbons (Fsp3) is 0.387. The number of hydrogen-bond acceptors (Lipinski definition) is 5. The SMILES string of the molecule is C[C@H](CO)N1C(=O)[C@@H]2[C@H]3C(=O)N(c4ccccc4)CC=C[C@@]3(C)O[C@@]23C=CCN(Cc2ccccc2)C(=O)C13. The van der Waals surface area contributed by atoms with E-state index in [-0.39, 0.29) is 24.3 Å². The van der Waals surface area contributed by atoms with Gasteiger partial charge in [0.1, 0.15) is 11.6 Å². The number of nitrogens with zero attached hydrogens (tertiary/aromatic N) is 3. The first-order valence-corrected chi connectivity index (χ1v) is 13.5. The van der Waals surface area contributed by atoms with E-state index in [2.05, 4.69) is 0 Å². The van der Waals surface area contributed by atoms with Crippen LogP contribution in [0.1, 0.15) is 19.4 Å². The highest BCUT2D eigenvalue weighted by Gasteiger charge is 2.75. The van der Waals surface area contributed by atoms with Crippen LogP contribution in [0, 0.1) is 11.8 Å². The maximum Gasteiger partial charge on any atom is 0.249 e. The van der Waals surface area contributed by atoms with E-state index < -0.39 is 35.1 Å². The Hall–Kier alpha value is -3.75. The average Bonchev–Trinajstić information content (AvgIpc) is 3.23. The van der Waals surface area contributed by atoms with Crippen LogP contribution in [-0.4, -0.2) is 75.6 Å². The second kappa shape index (κ2) is 9.47. The van der Waals surface area contributed by atoms with Crippen molar-refractivity contribution in [3.8, 4) is 0 Å². The molecule has 3 amide bonds. The second-order valence-corrected chi connectivity index (χ2v) is 11.1. The van der Waals surface area contributed by atoms with Gasteiger partial charge in [-0.05, 0) is 31.5 Å². The fourth-order valence-electron chi connectivity index (χ4n) is 6.86. The molecule has 4 aliphatic heterocycles. The van der Waals surface area contributed by atoms with E-state index in [1.165, 1.54) is 4.90 Å². The lowest BCUT2D eigenvalue weighted by Crippen LogP contribution is -2.58. The summed E-state index contributed by atoms with van der Waals surface area (Å²) < 4.78 is 6.83. The minimum Gasteiger partial charge on any atom is -0.394 e. The van der Waals surface area contributed by atoms with E-state index in [1.807, 2.05) is 91.9 Å². The van der Waals surface area contributed by atoms with E-state index in [0.717, 1.165) is 11.3 Å². The Kier molecular flexibility index (Phi) is 6.19. The van der Waals surface area contributed by atoms with Crippen molar-refractivity contribution in [1.82, 2.24) is 9.80 Å². The molecule has 1 spiro atoms. The van der Waals surface area contributed by atoms with Gasteiger partial charge in [0.15, 0.2) is 0 Å². The number of fused-ring (bicyclic) bond motifs is 2. The molecule has 202 valence electrons. The van der Waals surface area contributed by atoms with Crippen LogP contribution in [-0.2, 0) is 25.7 Å². The molecule has 39 heavy (non-hydrogen) atoms. The third-order valence-electron chi connectivity index (χ3n) is 8.60. The van der Waals surface area contributed by atoms with Crippen LogP contribution in [0.4, 0.5) is 5.69 Å². The maximum absolute atomic E-state index is 14.3. The molecule has 0 aromatic heterocycles. The second-order valence-electron chi connectivity index (χ2n) is 11.1. The number of benzene rings is 2. The molecule has 1 N–H and O–H groups in total. The van der Waals surface area contributed by atoms with Gasteiger partial charge in [-0.1, -0.05) is 72.8 Å². The number of aliphatic hydroxyl groups is 1. The molecule has 2 aromatic carbocycles. The first-order valence-electron chi connectivity index (χ1n) is 13.5. The van der Waals surface area contributed by atoms with Crippen LogP contribution in [0.15, 0.2) is 85.0 Å². The van der Waals surface area contributed by atoms with E-state index in [9.17, 15) is 19.5 Å². The van der Waals surface area contributed by atoms with Crippen molar-refractivity contribution in [3.63, 3.8) is 0 Å². The molecule has 0 aliphatic carbocycles. The normalized spacial score (nSPS) is 32.5. The zero-order valence-electron chi connectivity index (χ0n) is 22.1. The minimum absolute atomic E-state index is 0.215. The number of aliphatic hydroxyl groups excluding tert-OH is 1. The molecule has 0 radical (unpaired) electrons. The number of rotatable bonds is 5. The van der Waals surface area contributed by atoms with Crippen LogP contribution < -0.4 is 4.90 Å². The summed E-state index contributed by atoms with van der Waals surface area (Å²) in [4.78, 5) is 47.8. The quantitative estimate of drug-likeness (QED) is 0.604. The molecule has 4 aliphatic rings. The number of likely N-dealkylation sites (tertiary alicyclic amines) is 1. The molecule has 4 heterocycles. The maximum atomic E-state index is 14.3. The Morgan fingerprint density at radius 1 is 0.897 bits per heavy atom. The summed E-state index contributed by atoms with van der Waals surface area (Å²) in [7, 11) is 0. The van der Waals surface area contributed by atoms with Gasteiger partial charge in [-0.15, -0.1) is 0 Å². The average molecular weight is 528 g/mol. The molecule has 8 heteroatoms. The first-order chi connectivity index (χ1) is 18.8. The van der Waals surface area contributed by atoms with Crippen LogP contribution in [0.3, 0.4) is 0 Å². The van der Waals surface area contributed by atoms with Crippen LogP contribution >= 0.6 is 0 Å². The monoisotopic (exact) mass is 527 g/mol. The lowest BCUT2D eigenvalue weighted by Gasteiger charge is -2.39. The van der Waals surface area contributed by atoms with Crippen molar-refractivity contribution < 1.29 is 24.2 Å². The lowest BCUT2D eigenvalue weighted by molar-refractivity contribution is -0.154. The Morgan fingerprint density at radius 2 is 1.56 bits per heavy atom. The molecule has 2 aromatic rings. The van der Waals surface area contributed by atoms with E-state index >= 15 is 0 Å². The Morgan fingerprint density at radius 3 is 2.26 bits per heavy atom. The highest BCUT2D eigenvalue weighted by Crippen LogP contribution is 2.58. The van der Waals surface area contributed by atoms with E-state index in [4.69, 9.17) is 4.74 Å². The molecule has 6 rings (SSSR count). The summed E-state index contributed by atoms with van der Waals surface area (Å²) in [6.45, 7) is 4.32. The summed E-state index contributed by atoms with van der Waals surface area (Å²) in [5.41, 5.74) is -0.727. The molecular formula is C31H33N3O5. The first kappa shape index (κ1) is 25.5. The zero-order valence-corrected chi connectivity index (χ0v) is 22.1. The standard InChI is InChI=1S/C31H33N3O5/c1-21(20-35)34-26-29(38)32(19-22-11-5-3-6-12-22)17-10-16-31(26)25(28(34)37)24-27(36)33(23-13-7-4-8-14-23)18-9-15-30(24,2)39-31/h3-16,21,24-26,35H,17-20H2,1-2H3/t21-,24+,25+,26?,30-,31+/m1/s1. The summed E-state index contributed by atoms with van der Waals surface area (Å²) >= 11 is 0. The van der Waals surface area contributed by atoms with Gasteiger partial charge in [-0.3, -0.25) is 14.4 Å². The van der Waals surface area contributed by atoms with Gasteiger partial charge in [-0.25, -0.2) is 0 Å². The van der Waals surface area contributed by atoms with Crippen LogP contribution in [0.5, 0.6) is 0 Å². The number of carbonyl (C=O) groups excluding carboxylic acids is 3. The van der Waals surface area contributed by atoms with Crippen molar-refractivity contribution in [1.29, 1.82) is 0 Å². The molecule has 0 saturated carbocycles. The smallest absolute Gasteiger partial charge is 0.249 e. The van der Waals surface area contributed by atoms with Crippen LogP contribution in [0.25, 0.3) is 0 Å². The van der Waals surface area contributed by atoms with Crippen molar-refractivity contribution in [3.05, 3.63) is 90.5 Å². The third kappa shape index (κ3) is 3.85. The van der Waals surface area contributed by atoms with Crippen molar-refractivity contribution >= 4 is 23.4 Å². The Bertz CT molecular complexity index is 1340. The lowest BCUT2D eigenvalue weighted by atomic mass is 9.74. The Labute approximate surface area is 228 Å². The van der Waals surface area contributed by atoms with Crippen molar-refractivity contribution in [2.45, 2.75) is 43.7 Å². The van der Waals surface area contributed by atoms with Gasteiger partial charge in [0.2, 0.25) is 17.7 Å². The van der Waals surface area contributed by atoms with Gasteiger partial charge in [-0.2, -0.15) is 0 Å². The van der Waals surface area contributed by atoms with Gasteiger partial charge in [0.05, 0.1) is 30.1 Å². The number of ether oxygens (including phenoxy) is 1. The Balaban J connectivity index is 1.45. The third-order valence-corrected chi connectivity index (χ3v) is 8.60. The van der Waals surface area contributed by atoms with Gasteiger partial charge in [0, 0.05) is 25.3 Å². The molecule has 2 fully saturated rings. The largest absolute Gasteiger partial charge is 0.394 e. The molecule has 0 bridgehead atoms. The summed E-state index contributed by atoms with van der Waals surface area (Å²) in [5.74, 6) is -2.57. The molecule has 6 atom stereocenters. The van der Waals surface area contributed by atoms with Gasteiger partial charge >= 0.3 is 0 Å². The molecule has 2 saturated heterocycles. The molecule has 1 unspecified atom stereocenters.